The van der Waals surface area contributed by atoms with Crippen LogP contribution in [-0.2, 0) is 4.79 Å². The SMILES string of the molecule is CSc1cccc(NC(=O)C2CCCCC2(C)N)c1. The van der Waals surface area contributed by atoms with Crippen molar-refractivity contribution in [3.05, 3.63) is 24.3 Å². The molecule has 3 nitrogen and oxygen atoms in total. The van der Waals surface area contributed by atoms with Crippen molar-refractivity contribution in [1.29, 1.82) is 0 Å². The number of hydrogen-bond acceptors (Lipinski definition) is 3. The van der Waals surface area contributed by atoms with E-state index in [1.165, 1.54) is 0 Å². The van der Waals surface area contributed by atoms with Crippen molar-refractivity contribution in [3.63, 3.8) is 0 Å². The van der Waals surface area contributed by atoms with Crippen molar-refractivity contribution in [1.82, 2.24) is 0 Å². The maximum Gasteiger partial charge on any atom is 0.229 e. The smallest absolute Gasteiger partial charge is 0.229 e. The molecular formula is C15H22N2OS. The normalized spacial score (nSPS) is 27.0. The van der Waals surface area contributed by atoms with Gasteiger partial charge in [0.1, 0.15) is 0 Å². The van der Waals surface area contributed by atoms with E-state index >= 15 is 0 Å². The zero-order valence-corrected chi connectivity index (χ0v) is 12.4. The van der Waals surface area contributed by atoms with Gasteiger partial charge in [-0.25, -0.2) is 0 Å². The van der Waals surface area contributed by atoms with Crippen LogP contribution in [0, 0.1) is 5.92 Å². The van der Waals surface area contributed by atoms with E-state index in [0.29, 0.717) is 0 Å². The quantitative estimate of drug-likeness (QED) is 0.834. The molecule has 4 heteroatoms. The average Bonchev–Trinajstić information content (AvgIpc) is 2.38. The Kier molecular flexibility index (Phi) is 4.53. The van der Waals surface area contributed by atoms with E-state index in [1.807, 2.05) is 37.4 Å². The van der Waals surface area contributed by atoms with Crippen molar-refractivity contribution < 1.29 is 4.79 Å². The Bertz CT molecular complexity index is 459. The lowest BCUT2D eigenvalue weighted by atomic mass is 9.74. The number of carbonyl (C=O) groups excluding carboxylic acids is 1. The fourth-order valence-electron chi connectivity index (χ4n) is 2.72. The molecule has 0 saturated heterocycles. The van der Waals surface area contributed by atoms with Crippen LogP contribution >= 0.6 is 11.8 Å². The Labute approximate surface area is 119 Å². The number of benzene rings is 1. The lowest BCUT2D eigenvalue weighted by Crippen LogP contribution is -2.51. The summed E-state index contributed by atoms with van der Waals surface area (Å²) in [4.78, 5) is 13.5. The van der Waals surface area contributed by atoms with E-state index in [9.17, 15) is 4.79 Å². The van der Waals surface area contributed by atoms with Gasteiger partial charge in [0.25, 0.3) is 0 Å². The predicted molar refractivity (Wildman–Crippen MR) is 81.4 cm³/mol. The fraction of sp³-hybridized carbons (Fsp3) is 0.533. The predicted octanol–water partition coefficient (Wildman–Crippen LogP) is 3.25. The molecule has 3 N–H and O–H groups in total. The summed E-state index contributed by atoms with van der Waals surface area (Å²) in [5.74, 6) is -0.0258. The van der Waals surface area contributed by atoms with E-state index in [4.69, 9.17) is 5.73 Å². The van der Waals surface area contributed by atoms with Crippen molar-refractivity contribution >= 4 is 23.4 Å². The molecule has 1 aliphatic rings. The first-order valence-corrected chi connectivity index (χ1v) is 7.99. The van der Waals surface area contributed by atoms with Gasteiger partial charge < -0.3 is 11.1 Å². The van der Waals surface area contributed by atoms with E-state index in [-0.39, 0.29) is 17.4 Å². The van der Waals surface area contributed by atoms with E-state index in [2.05, 4.69) is 5.32 Å². The topological polar surface area (TPSA) is 55.1 Å². The Balaban J connectivity index is 2.07. The first kappa shape index (κ1) is 14.4. The summed E-state index contributed by atoms with van der Waals surface area (Å²) in [5, 5.41) is 3.01. The van der Waals surface area contributed by atoms with Gasteiger partial charge in [-0.15, -0.1) is 11.8 Å². The molecular weight excluding hydrogens is 256 g/mol. The molecule has 1 aromatic rings. The summed E-state index contributed by atoms with van der Waals surface area (Å²) in [6.45, 7) is 1.99. The van der Waals surface area contributed by atoms with Gasteiger partial charge >= 0.3 is 0 Å². The molecule has 19 heavy (non-hydrogen) atoms. The monoisotopic (exact) mass is 278 g/mol. The summed E-state index contributed by atoms with van der Waals surface area (Å²) in [6, 6.07) is 7.92. The highest BCUT2D eigenvalue weighted by Crippen LogP contribution is 2.32. The summed E-state index contributed by atoms with van der Waals surface area (Å²) >= 11 is 1.67. The summed E-state index contributed by atoms with van der Waals surface area (Å²) in [5.41, 5.74) is 6.75. The zero-order valence-electron chi connectivity index (χ0n) is 11.6. The van der Waals surface area contributed by atoms with Crippen LogP contribution in [0.4, 0.5) is 5.69 Å². The zero-order chi connectivity index (χ0) is 13.9. The van der Waals surface area contributed by atoms with Crippen molar-refractivity contribution in [2.24, 2.45) is 11.7 Å². The first-order valence-electron chi connectivity index (χ1n) is 6.77. The number of amides is 1. The highest BCUT2D eigenvalue weighted by molar-refractivity contribution is 7.98. The van der Waals surface area contributed by atoms with Gasteiger partial charge in [-0.05, 0) is 44.2 Å². The van der Waals surface area contributed by atoms with E-state index in [0.717, 1.165) is 36.3 Å². The molecule has 0 bridgehead atoms. The molecule has 0 heterocycles. The van der Waals surface area contributed by atoms with Gasteiger partial charge in [-0.2, -0.15) is 0 Å². The summed E-state index contributed by atoms with van der Waals surface area (Å²) in [7, 11) is 0. The number of nitrogens with one attached hydrogen (secondary N) is 1. The lowest BCUT2D eigenvalue weighted by molar-refractivity contribution is -0.122. The summed E-state index contributed by atoms with van der Waals surface area (Å²) < 4.78 is 0. The molecule has 1 aromatic carbocycles. The molecule has 2 rings (SSSR count). The minimum Gasteiger partial charge on any atom is -0.326 e. The Hall–Kier alpha value is -1.00. The van der Waals surface area contributed by atoms with Crippen LogP contribution in [0.25, 0.3) is 0 Å². The van der Waals surface area contributed by atoms with Gasteiger partial charge in [0.05, 0.1) is 5.92 Å². The van der Waals surface area contributed by atoms with Crippen LogP contribution in [0.15, 0.2) is 29.2 Å². The van der Waals surface area contributed by atoms with Gasteiger partial charge in [0, 0.05) is 16.1 Å². The maximum atomic E-state index is 12.4. The number of anilines is 1. The lowest BCUT2D eigenvalue weighted by Gasteiger charge is -2.37. The molecule has 1 aliphatic carbocycles. The van der Waals surface area contributed by atoms with E-state index in [1.54, 1.807) is 11.8 Å². The minimum absolute atomic E-state index is 0.0583. The number of rotatable bonds is 3. The largest absolute Gasteiger partial charge is 0.326 e. The molecule has 1 amide bonds. The number of hydrogen-bond donors (Lipinski definition) is 2. The van der Waals surface area contributed by atoms with Gasteiger partial charge in [-0.3, -0.25) is 4.79 Å². The maximum absolute atomic E-state index is 12.4. The van der Waals surface area contributed by atoms with Crippen LogP contribution in [-0.4, -0.2) is 17.7 Å². The third-order valence-electron chi connectivity index (χ3n) is 3.91. The molecule has 2 unspecified atom stereocenters. The van der Waals surface area contributed by atoms with Gasteiger partial charge in [0.15, 0.2) is 0 Å². The highest BCUT2D eigenvalue weighted by Gasteiger charge is 2.37. The number of nitrogens with two attached hydrogens (primary N) is 1. The van der Waals surface area contributed by atoms with Crippen LogP contribution in [0.1, 0.15) is 32.6 Å². The molecule has 1 saturated carbocycles. The second-order valence-electron chi connectivity index (χ2n) is 5.53. The fourth-order valence-corrected chi connectivity index (χ4v) is 3.18. The van der Waals surface area contributed by atoms with Crippen molar-refractivity contribution in [2.45, 2.75) is 43.0 Å². The number of carbonyl (C=O) groups is 1. The van der Waals surface area contributed by atoms with Crippen LogP contribution in [0.5, 0.6) is 0 Å². The first-order chi connectivity index (χ1) is 9.03. The molecule has 0 aliphatic heterocycles. The Morgan fingerprint density at radius 3 is 2.95 bits per heavy atom. The Morgan fingerprint density at radius 1 is 1.47 bits per heavy atom. The molecule has 0 aromatic heterocycles. The molecule has 104 valence electrons. The molecule has 0 spiro atoms. The minimum atomic E-state index is -0.376. The molecule has 1 fully saturated rings. The standard InChI is InChI=1S/C15H22N2OS/c1-15(16)9-4-3-8-13(15)14(18)17-11-6-5-7-12(10-11)19-2/h5-7,10,13H,3-4,8-9,16H2,1-2H3,(H,17,18). The van der Waals surface area contributed by atoms with Crippen LogP contribution < -0.4 is 11.1 Å². The summed E-state index contributed by atoms with van der Waals surface area (Å²) in [6.07, 6.45) is 6.06. The van der Waals surface area contributed by atoms with Crippen LogP contribution in [0.2, 0.25) is 0 Å². The second-order valence-corrected chi connectivity index (χ2v) is 6.41. The average molecular weight is 278 g/mol. The van der Waals surface area contributed by atoms with Crippen molar-refractivity contribution in [2.75, 3.05) is 11.6 Å². The molecule has 2 atom stereocenters. The second kappa shape index (κ2) is 5.97. The third kappa shape index (κ3) is 3.51. The van der Waals surface area contributed by atoms with E-state index < -0.39 is 0 Å². The van der Waals surface area contributed by atoms with Gasteiger partial charge in [-0.1, -0.05) is 18.9 Å². The van der Waals surface area contributed by atoms with Gasteiger partial charge in [0.2, 0.25) is 5.91 Å². The number of thioether (sulfide) groups is 1. The van der Waals surface area contributed by atoms with Crippen molar-refractivity contribution in [3.8, 4) is 0 Å². The highest BCUT2D eigenvalue weighted by atomic mass is 32.2. The third-order valence-corrected chi connectivity index (χ3v) is 4.63. The van der Waals surface area contributed by atoms with Crippen LogP contribution in [0.3, 0.4) is 0 Å². The molecule has 0 radical (unpaired) electrons. The Morgan fingerprint density at radius 2 is 2.26 bits per heavy atom.